The van der Waals surface area contributed by atoms with Crippen molar-refractivity contribution in [2.75, 3.05) is 0 Å². The molecule has 1 aliphatic carbocycles. The van der Waals surface area contributed by atoms with Gasteiger partial charge in [0, 0.05) is 6.04 Å². The number of hydrogen-bond donors (Lipinski definition) is 1. The van der Waals surface area contributed by atoms with E-state index < -0.39 is 0 Å². The Morgan fingerprint density at radius 3 is 2.93 bits per heavy atom. The molecule has 0 saturated heterocycles. The monoisotopic (exact) mass is 183 g/mol. The first-order chi connectivity index (χ1) is 6.77. The van der Waals surface area contributed by atoms with Crippen molar-refractivity contribution >= 4 is 10.8 Å². The summed E-state index contributed by atoms with van der Waals surface area (Å²) >= 11 is 0. The van der Waals surface area contributed by atoms with Gasteiger partial charge >= 0.3 is 0 Å². The van der Waals surface area contributed by atoms with Crippen LogP contribution in [0.3, 0.4) is 0 Å². The highest BCUT2D eigenvalue weighted by Gasteiger charge is 2.21. The lowest BCUT2D eigenvalue weighted by molar-refractivity contribution is 0.754. The summed E-state index contributed by atoms with van der Waals surface area (Å²) in [6.45, 7) is 2.17. The molecule has 0 fully saturated rings. The molecule has 0 aromatic heterocycles. The maximum atomic E-state index is 6.11. The molecule has 0 amide bonds. The molecule has 1 heteroatoms. The molecule has 3 rings (SSSR count). The molecule has 0 aliphatic heterocycles. The molecule has 2 aromatic rings. The molecule has 1 unspecified atom stereocenters. The summed E-state index contributed by atoms with van der Waals surface area (Å²) in [6, 6.07) is 11.0. The summed E-state index contributed by atoms with van der Waals surface area (Å²) in [5.41, 5.74) is 10.3. The molecule has 0 heterocycles. The third-order valence-electron chi connectivity index (χ3n) is 3.24. The second-order valence-corrected chi connectivity index (χ2v) is 4.12. The van der Waals surface area contributed by atoms with Gasteiger partial charge in [-0.3, -0.25) is 0 Å². The number of nitrogens with two attached hydrogens (primary N) is 1. The number of aryl methyl sites for hydroxylation is 1. The van der Waals surface area contributed by atoms with E-state index in [9.17, 15) is 0 Å². The molecule has 1 nitrogen and oxygen atoms in total. The van der Waals surface area contributed by atoms with Gasteiger partial charge in [-0.1, -0.05) is 30.3 Å². The van der Waals surface area contributed by atoms with Crippen LogP contribution < -0.4 is 5.73 Å². The maximum absolute atomic E-state index is 6.11. The Hall–Kier alpha value is -1.34. The molecule has 1 atom stereocenters. The Bertz CT molecular complexity index is 514. The first-order valence-corrected chi connectivity index (χ1v) is 5.04. The van der Waals surface area contributed by atoms with Crippen LogP contribution in [0.2, 0.25) is 0 Å². The average molecular weight is 183 g/mol. The van der Waals surface area contributed by atoms with Gasteiger partial charge in [0.05, 0.1) is 0 Å². The fourth-order valence-corrected chi connectivity index (χ4v) is 2.49. The van der Waals surface area contributed by atoms with Crippen LogP contribution in [0.4, 0.5) is 0 Å². The van der Waals surface area contributed by atoms with Crippen molar-refractivity contribution in [1.82, 2.24) is 0 Å². The minimum atomic E-state index is 0.204. The van der Waals surface area contributed by atoms with Crippen LogP contribution in [-0.2, 0) is 6.42 Å². The third-order valence-corrected chi connectivity index (χ3v) is 3.24. The fourth-order valence-electron chi connectivity index (χ4n) is 2.49. The van der Waals surface area contributed by atoms with E-state index >= 15 is 0 Å². The summed E-state index contributed by atoms with van der Waals surface area (Å²) in [4.78, 5) is 0. The van der Waals surface area contributed by atoms with E-state index in [4.69, 9.17) is 5.73 Å². The molecule has 1 aliphatic rings. The SMILES string of the molecule is Cc1ccc2cccc3c2c1CC3N. The van der Waals surface area contributed by atoms with E-state index in [1.165, 1.54) is 27.5 Å². The smallest absolute Gasteiger partial charge is 0.0342 e. The van der Waals surface area contributed by atoms with Crippen LogP contribution in [0, 0.1) is 6.92 Å². The normalized spacial score (nSPS) is 19.1. The lowest BCUT2D eigenvalue weighted by Crippen LogP contribution is -2.07. The molecule has 0 saturated carbocycles. The van der Waals surface area contributed by atoms with E-state index in [0.29, 0.717) is 0 Å². The van der Waals surface area contributed by atoms with Crippen molar-refractivity contribution in [2.45, 2.75) is 19.4 Å². The molecule has 0 bridgehead atoms. The van der Waals surface area contributed by atoms with Crippen LogP contribution in [0.1, 0.15) is 22.7 Å². The zero-order valence-electron chi connectivity index (χ0n) is 8.25. The molecule has 2 aromatic carbocycles. The molecular weight excluding hydrogens is 170 g/mol. The molecular formula is C13H13N. The largest absolute Gasteiger partial charge is 0.324 e. The van der Waals surface area contributed by atoms with Crippen molar-refractivity contribution < 1.29 is 0 Å². The second kappa shape index (κ2) is 2.58. The van der Waals surface area contributed by atoms with E-state index in [2.05, 4.69) is 37.3 Å². The van der Waals surface area contributed by atoms with E-state index in [1.54, 1.807) is 0 Å². The lowest BCUT2D eigenvalue weighted by atomic mass is 10.0. The fraction of sp³-hybridized carbons (Fsp3) is 0.231. The highest BCUT2D eigenvalue weighted by atomic mass is 14.6. The Kier molecular flexibility index (Phi) is 1.48. The summed E-state index contributed by atoms with van der Waals surface area (Å²) in [5.74, 6) is 0. The first kappa shape index (κ1) is 8.01. The predicted octanol–water partition coefficient (Wildman–Crippen LogP) is 2.70. The Labute approximate surface area is 83.5 Å². The van der Waals surface area contributed by atoms with Gasteiger partial charge in [0.1, 0.15) is 0 Å². The van der Waals surface area contributed by atoms with E-state index in [0.717, 1.165) is 6.42 Å². The van der Waals surface area contributed by atoms with Crippen molar-refractivity contribution in [3.8, 4) is 0 Å². The van der Waals surface area contributed by atoms with Gasteiger partial charge in [0.2, 0.25) is 0 Å². The van der Waals surface area contributed by atoms with Gasteiger partial charge < -0.3 is 5.73 Å². The molecule has 2 N–H and O–H groups in total. The number of benzene rings is 2. The van der Waals surface area contributed by atoms with E-state index in [1.807, 2.05) is 0 Å². The van der Waals surface area contributed by atoms with Crippen LogP contribution in [0.25, 0.3) is 10.8 Å². The summed E-state index contributed by atoms with van der Waals surface area (Å²) < 4.78 is 0. The van der Waals surface area contributed by atoms with Gasteiger partial charge in [0.25, 0.3) is 0 Å². The van der Waals surface area contributed by atoms with Gasteiger partial charge in [-0.15, -0.1) is 0 Å². The average Bonchev–Trinajstić information content (AvgIpc) is 2.53. The van der Waals surface area contributed by atoms with Crippen LogP contribution >= 0.6 is 0 Å². The van der Waals surface area contributed by atoms with Gasteiger partial charge in [-0.05, 0) is 40.8 Å². The Morgan fingerprint density at radius 2 is 2.07 bits per heavy atom. The van der Waals surface area contributed by atoms with Crippen molar-refractivity contribution in [3.63, 3.8) is 0 Å². The van der Waals surface area contributed by atoms with Crippen molar-refractivity contribution in [3.05, 3.63) is 47.0 Å². The molecule has 70 valence electrons. The number of rotatable bonds is 0. The van der Waals surface area contributed by atoms with Gasteiger partial charge in [-0.2, -0.15) is 0 Å². The zero-order chi connectivity index (χ0) is 9.71. The molecule has 0 spiro atoms. The molecule has 0 radical (unpaired) electrons. The highest BCUT2D eigenvalue weighted by Crippen LogP contribution is 2.37. The van der Waals surface area contributed by atoms with Gasteiger partial charge in [-0.25, -0.2) is 0 Å². The Balaban J connectivity index is 2.51. The lowest BCUT2D eigenvalue weighted by Gasteiger charge is -2.04. The van der Waals surface area contributed by atoms with E-state index in [-0.39, 0.29) is 6.04 Å². The maximum Gasteiger partial charge on any atom is 0.0342 e. The Morgan fingerprint density at radius 1 is 1.21 bits per heavy atom. The first-order valence-electron chi connectivity index (χ1n) is 5.04. The number of hydrogen-bond acceptors (Lipinski definition) is 1. The van der Waals surface area contributed by atoms with Crippen LogP contribution in [0.5, 0.6) is 0 Å². The van der Waals surface area contributed by atoms with Crippen molar-refractivity contribution in [1.29, 1.82) is 0 Å². The third kappa shape index (κ3) is 0.878. The standard InChI is InChI=1S/C13H13N/c1-8-5-6-9-3-2-4-10-12(14)7-11(8)13(9)10/h2-6,12H,7,14H2,1H3. The predicted molar refractivity (Wildman–Crippen MR) is 59.3 cm³/mol. The van der Waals surface area contributed by atoms with Crippen LogP contribution in [-0.4, -0.2) is 0 Å². The second-order valence-electron chi connectivity index (χ2n) is 4.12. The summed E-state index contributed by atoms with van der Waals surface area (Å²) in [7, 11) is 0. The topological polar surface area (TPSA) is 26.0 Å². The highest BCUT2D eigenvalue weighted by molar-refractivity contribution is 5.92. The molecule has 14 heavy (non-hydrogen) atoms. The summed E-state index contributed by atoms with van der Waals surface area (Å²) in [5, 5.41) is 2.73. The zero-order valence-corrected chi connectivity index (χ0v) is 8.25. The summed E-state index contributed by atoms with van der Waals surface area (Å²) in [6.07, 6.45) is 1.00. The van der Waals surface area contributed by atoms with Gasteiger partial charge in [0.15, 0.2) is 0 Å². The van der Waals surface area contributed by atoms with Crippen LogP contribution in [0.15, 0.2) is 30.3 Å². The van der Waals surface area contributed by atoms with Crippen molar-refractivity contribution in [2.24, 2.45) is 5.73 Å². The minimum Gasteiger partial charge on any atom is -0.324 e. The minimum absolute atomic E-state index is 0.204. The quantitative estimate of drug-likeness (QED) is 0.667.